The summed E-state index contributed by atoms with van der Waals surface area (Å²) in [5, 5.41) is 10.8. The number of fused-ring (bicyclic) bond motifs is 3. The summed E-state index contributed by atoms with van der Waals surface area (Å²) in [5.74, 6) is 0.651. The highest BCUT2D eigenvalue weighted by atomic mass is 16.6. The Kier molecular flexibility index (Phi) is 3.33. The van der Waals surface area contributed by atoms with Crippen LogP contribution in [0.3, 0.4) is 0 Å². The van der Waals surface area contributed by atoms with E-state index in [2.05, 4.69) is 15.0 Å². The number of nitro benzene ring substituents is 1. The van der Waals surface area contributed by atoms with E-state index in [0.29, 0.717) is 17.1 Å². The highest BCUT2D eigenvalue weighted by Crippen LogP contribution is 2.35. The molecule has 0 atom stereocenters. The van der Waals surface area contributed by atoms with Gasteiger partial charge in [-0.1, -0.05) is 12.1 Å². The zero-order chi connectivity index (χ0) is 18.4. The van der Waals surface area contributed by atoms with Crippen LogP contribution in [0.5, 0.6) is 5.75 Å². The topological polar surface area (TPSA) is 90.5 Å². The second-order valence-electron chi connectivity index (χ2n) is 6.17. The molecule has 3 aromatic carbocycles. The number of aromatic nitrogens is 2. The van der Waals surface area contributed by atoms with E-state index >= 15 is 0 Å². The van der Waals surface area contributed by atoms with E-state index in [1.807, 2.05) is 36.4 Å². The Morgan fingerprint density at radius 3 is 2.22 bits per heavy atom. The lowest BCUT2D eigenvalue weighted by Gasteiger charge is -2.17. The Balaban J connectivity index is 1.60. The predicted molar refractivity (Wildman–Crippen MR) is 102 cm³/mol. The number of hydrogen-bond donors (Lipinski definition) is 0. The second kappa shape index (κ2) is 5.84. The first-order chi connectivity index (χ1) is 13.2. The predicted octanol–water partition coefficient (Wildman–Crippen LogP) is 4.20. The van der Waals surface area contributed by atoms with E-state index in [1.165, 1.54) is 12.1 Å². The molecule has 1 aliphatic heterocycles. The molecule has 4 aromatic rings. The van der Waals surface area contributed by atoms with Crippen LogP contribution in [-0.4, -0.2) is 27.2 Å². The van der Waals surface area contributed by atoms with Crippen molar-refractivity contribution in [3.8, 4) is 5.75 Å². The molecular weight excluding hydrogens is 344 g/mol. The molecule has 1 aromatic heterocycles. The van der Waals surface area contributed by atoms with Crippen LogP contribution in [-0.2, 0) is 0 Å². The number of aliphatic imine (C=N–C) groups is 1. The summed E-state index contributed by atoms with van der Waals surface area (Å²) in [6.45, 7) is 0.289. The number of nitro groups is 1. The Morgan fingerprint density at radius 2 is 1.56 bits per heavy atom. The van der Waals surface area contributed by atoms with E-state index in [-0.39, 0.29) is 12.3 Å². The number of rotatable bonds is 2. The number of ether oxygens (including phenoxy) is 1. The van der Waals surface area contributed by atoms with Gasteiger partial charge in [-0.15, -0.1) is 0 Å². The summed E-state index contributed by atoms with van der Waals surface area (Å²) in [6.07, 6.45) is 0. The van der Waals surface area contributed by atoms with E-state index in [9.17, 15) is 10.1 Å². The van der Waals surface area contributed by atoms with Crippen molar-refractivity contribution >= 4 is 39.2 Å². The summed E-state index contributed by atoms with van der Waals surface area (Å²) in [5.41, 5.74) is 5.36. The minimum atomic E-state index is -0.423. The lowest BCUT2D eigenvalue weighted by Crippen LogP contribution is -2.16. The van der Waals surface area contributed by atoms with Crippen molar-refractivity contribution in [2.45, 2.75) is 0 Å². The molecular formula is C20H12N4O3. The molecule has 7 heteroatoms. The molecule has 0 bridgehead atoms. The smallest absolute Gasteiger partial charge is 0.269 e. The summed E-state index contributed by atoms with van der Waals surface area (Å²) >= 11 is 0. The third kappa shape index (κ3) is 2.65. The van der Waals surface area contributed by atoms with E-state index in [0.717, 1.165) is 27.6 Å². The molecule has 0 spiro atoms. The van der Waals surface area contributed by atoms with E-state index in [4.69, 9.17) is 4.74 Å². The maximum absolute atomic E-state index is 10.8. The molecule has 0 saturated carbocycles. The minimum absolute atomic E-state index is 0.0459. The fourth-order valence-electron chi connectivity index (χ4n) is 3.09. The first kappa shape index (κ1) is 15.4. The van der Waals surface area contributed by atoms with Gasteiger partial charge in [0.05, 0.1) is 32.7 Å². The van der Waals surface area contributed by atoms with Crippen LogP contribution >= 0.6 is 0 Å². The third-order valence-corrected chi connectivity index (χ3v) is 4.45. The number of hydrogen-bond acceptors (Lipinski definition) is 6. The minimum Gasteiger partial charge on any atom is -0.485 e. The number of benzene rings is 3. The lowest BCUT2D eigenvalue weighted by atomic mass is 10.1. The molecule has 0 unspecified atom stereocenters. The molecule has 0 aliphatic carbocycles. The quantitative estimate of drug-likeness (QED) is 0.305. The highest BCUT2D eigenvalue weighted by Gasteiger charge is 2.17. The summed E-state index contributed by atoms with van der Waals surface area (Å²) in [4.78, 5) is 24.3. The van der Waals surface area contributed by atoms with Crippen LogP contribution in [0.2, 0.25) is 0 Å². The molecule has 5 rings (SSSR count). The first-order valence-corrected chi connectivity index (χ1v) is 8.33. The van der Waals surface area contributed by atoms with Gasteiger partial charge in [0, 0.05) is 18.2 Å². The molecule has 27 heavy (non-hydrogen) atoms. The van der Waals surface area contributed by atoms with Crippen LogP contribution in [0, 0.1) is 10.1 Å². The molecule has 2 heterocycles. The first-order valence-electron chi connectivity index (χ1n) is 8.33. The molecule has 7 nitrogen and oxygen atoms in total. The van der Waals surface area contributed by atoms with Crippen LogP contribution in [0.15, 0.2) is 65.7 Å². The maximum atomic E-state index is 10.8. The fourth-order valence-corrected chi connectivity index (χ4v) is 3.09. The normalized spacial score (nSPS) is 13.1. The summed E-state index contributed by atoms with van der Waals surface area (Å²) in [7, 11) is 0. The zero-order valence-corrected chi connectivity index (χ0v) is 14.0. The molecule has 0 amide bonds. The van der Waals surface area contributed by atoms with Gasteiger partial charge in [0.25, 0.3) is 5.69 Å². The van der Waals surface area contributed by atoms with Crippen LogP contribution in [0.25, 0.3) is 22.1 Å². The van der Waals surface area contributed by atoms with Gasteiger partial charge in [0.2, 0.25) is 0 Å². The lowest BCUT2D eigenvalue weighted by molar-refractivity contribution is -0.384. The van der Waals surface area contributed by atoms with Gasteiger partial charge in [0.15, 0.2) is 0 Å². The fraction of sp³-hybridized carbons (Fsp3) is 0.0500. The van der Waals surface area contributed by atoms with Crippen molar-refractivity contribution in [1.82, 2.24) is 9.97 Å². The monoisotopic (exact) mass is 356 g/mol. The Bertz CT molecular complexity index is 1250. The Morgan fingerprint density at radius 1 is 0.889 bits per heavy atom. The van der Waals surface area contributed by atoms with Crippen molar-refractivity contribution < 1.29 is 9.66 Å². The second-order valence-corrected chi connectivity index (χ2v) is 6.17. The van der Waals surface area contributed by atoms with Gasteiger partial charge in [-0.3, -0.25) is 10.1 Å². The zero-order valence-electron chi connectivity index (χ0n) is 14.0. The Labute approximate surface area is 153 Å². The van der Waals surface area contributed by atoms with Gasteiger partial charge in [0.1, 0.15) is 18.0 Å². The highest BCUT2D eigenvalue weighted by molar-refractivity contribution is 6.05. The Hall–Kier alpha value is -3.87. The maximum Gasteiger partial charge on any atom is 0.269 e. The summed E-state index contributed by atoms with van der Waals surface area (Å²) < 4.78 is 5.86. The standard InChI is InChI=1S/C20H12N4O3/c25-24(26)13-7-5-12(6-8-13)19-11-27-20-10-17-16(9-18(20)23-19)21-14-3-1-2-4-15(14)22-17/h1-10H,11H2. The van der Waals surface area contributed by atoms with Crippen molar-refractivity contribution in [1.29, 1.82) is 0 Å². The molecule has 0 radical (unpaired) electrons. The van der Waals surface area contributed by atoms with Crippen molar-refractivity contribution in [3.05, 3.63) is 76.3 Å². The van der Waals surface area contributed by atoms with Crippen molar-refractivity contribution in [2.75, 3.05) is 6.61 Å². The van der Waals surface area contributed by atoms with E-state index in [1.54, 1.807) is 12.1 Å². The molecule has 0 N–H and O–H groups in total. The van der Waals surface area contributed by atoms with Gasteiger partial charge in [-0.25, -0.2) is 15.0 Å². The SMILES string of the molecule is O=[N+]([O-])c1ccc(C2=Nc3cc4nc5ccccc5nc4cc3OC2)cc1. The third-order valence-electron chi connectivity index (χ3n) is 4.45. The van der Waals surface area contributed by atoms with E-state index < -0.39 is 4.92 Å². The molecule has 0 saturated heterocycles. The van der Waals surface area contributed by atoms with Crippen LogP contribution in [0.4, 0.5) is 11.4 Å². The summed E-state index contributed by atoms with van der Waals surface area (Å²) in [6, 6.07) is 17.7. The number of nitrogens with zero attached hydrogens (tertiary/aromatic N) is 4. The molecule has 0 fully saturated rings. The van der Waals surface area contributed by atoms with Gasteiger partial charge in [-0.05, 0) is 35.9 Å². The number of non-ortho nitro benzene ring substituents is 1. The largest absolute Gasteiger partial charge is 0.485 e. The van der Waals surface area contributed by atoms with Gasteiger partial charge >= 0.3 is 0 Å². The van der Waals surface area contributed by atoms with Crippen LogP contribution in [0.1, 0.15) is 5.56 Å². The molecule has 130 valence electrons. The van der Waals surface area contributed by atoms with Crippen LogP contribution < -0.4 is 4.74 Å². The van der Waals surface area contributed by atoms with Gasteiger partial charge in [-0.2, -0.15) is 0 Å². The van der Waals surface area contributed by atoms with Crippen molar-refractivity contribution in [2.24, 2.45) is 4.99 Å². The average Bonchev–Trinajstić information content (AvgIpc) is 2.70. The van der Waals surface area contributed by atoms with Gasteiger partial charge < -0.3 is 4.74 Å². The molecule has 1 aliphatic rings. The van der Waals surface area contributed by atoms with Crippen molar-refractivity contribution in [3.63, 3.8) is 0 Å². The average molecular weight is 356 g/mol. The number of para-hydroxylation sites is 2.